The van der Waals surface area contributed by atoms with Crippen molar-refractivity contribution in [1.29, 1.82) is 0 Å². The van der Waals surface area contributed by atoms with Crippen molar-refractivity contribution in [3.8, 4) is 0 Å². The maximum absolute atomic E-state index is 12.7. The first-order valence-electron chi connectivity index (χ1n) is 7.56. The van der Waals surface area contributed by atoms with Crippen LogP contribution in [0.5, 0.6) is 0 Å². The van der Waals surface area contributed by atoms with Gasteiger partial charge >= 0.3 is 6.18 Å². The van der Waals surface area contributed by atoms with E-state index in [0.29, 0.717) is 12.3 Å². The van der Waals surface area contributed by atoms with Crippen LogP contribution >= 0.6 is 0 Å². The number of hydrogen-bond donors (Lipinski definition) is 2. The zero-order valence-corrected chi connectivity index (χ0v) is 12.0. The Morgan fingerprint density at radius 3 is 2.48 bits per heavy atom. The summed E-state index contributed by atoms with van der Waals surface area (Å²) in [5.74, 6) is -0.0810. The van der Waals surface area contributed by atoms with Crippen LogP contribution in [0.1, 0.15) is 44.9 Å². The Kier molecular flexibility index (Phi) is 4.82. The summed E-state index contributed by atoms with van der Waals surface area (Å²) < 4.78 is 38.2. The lowest BCUT2D eigenvalue weighted by Gasteiger charge is -2.28. The fraction of sp³-hybridized carbons (Fsp3) is 0.929. The highest BCUT2D eigenvalue weighted by Crippen LogP contribution is 2.38. The van der Waals surface area contributed by atoms with Gasteiger partial charge in [-0.05, 0) is 12.3 Å². The van der Waals surface area contributed by atoms with Gasteiger partial charge in [0.05, 0.1) is 12.6 Å². The molecule has 21 heavy (non-hydrogen) atoms. The van der Waals surface area contributed by atoms with Gasteiger partial charge < -0.3 is 15.7 Å². The highest BCUT2D eigenvalue weighted by Gasteiger charge is 2.58. The van der Waals surface area contributed by atoms with Crippen molar-refractivity contribution >= 4 is 5.91 Å². The summed E-state index contributed by atoms with van der Waals surface area (Å²) in [6, 6.07) is -0.760. The molecule has 1 saturated heterocycles. The van der Waals surface area contributed by atoms with E-state index in [1.165, 1.54) is 6.42 Å². The second-order valence-corrected chi connectivity index (χ2v) is 6.39. The third-order valence-electron chi connectivity index (χ3n) is 4.72. The zero-order valence-electron chi connectivity index (χ0n) is 12.0. The fourth-order valence-corrected chi connectivity index (χ4v) is 3.33. The summed E-state index contributed by atoms with van der Waals surface area (Å²) in [6.07, 6.45) is 0.866. The van der Waals surface area contributed by atoms with Crippen molar-refractivity contribution < 1.29 is 23.1 Å². The molecule has 2 rings (SSSR count). The maximum atomic E-state index is 12.7. The molecule has 3 N–H and O–H groups in total. The van der Waals surface area contributed by atoms with Crippen LogP contribution in [0.15, 0.2) is 0 Å². The molecule has 2 unspecified atom stereocenters. The highest BCUT2D eigenvalue weighted by molar-refractivity contribution is 5.82. The summed E-state index contributed by atoms with van der Waals surface area (Å²) in [4.78, 5) is 13.2. The lowest BCUT2D eigenvalue weighted by atomic mass is 9.85. The van der Waals surface area contributed by atoms with Crippen LogP contribution in [0.2, 0.25) is 0 Å². The highest BCUT2D eigenvalue weighted by atomic mass is 19.4. The van der Waals surface area contributed by atoms with Gasteiger partial charge in [0.15, 0.2) is 5.60 Å². The summed E-state index contributed by atoms with van der Waals surface area (Å²) in [7, 11) is 0. The molecule has 1 aliphatic carbocycles. The first-order chi connectivity index (χ1) is 9.73. The predicted molar refractivity (Wildman–Crippen MR) is 71.4 cm³/mol. The van der Waals surface area contributed by atoms with Crippen molar-refractivity contribution in [2.75, 3.05) is 13.1 Å². The number of alkyl halides is 3. The second kappa shape index (κ2) is 6.12. The molecule has 0 bridgehead atoms. The van der Waals surface area contributed by atoms with E-state index in [1.54, 1.807) is 0 Å². The molecule has 0 aromatic rings. The molecule has 122 valence electrons. The van der Waals surface area contributed by atoms with Crippen molar-refractivity contribution in [1.82, 2.24) is 4.90 Å². The average molecular weight is 308 g/mol. The molecule has 0 aromatic heterocycles. The molecule has 0 spiro atoms. The van der Waals surface area contributed by atoms with Crippen LogP contribution in [-0.4, -0.2) is 46.8 Å². The number of hydrogen-bond acceptors (Lipinski definition) is 3. The van der Waals surface area contributed by atoms with E-state index in [4.69, 9.17) is 5.73 Å². The minimum Gasteiger partial charge on any atom is -0.379 e. The topological polar surface area (TPSA) is 66.6 Å². The quantitative estimate of drug-likeness (QED) is 0.835. The summed E-state index contributed by atoms with van der Waals surface area (Å²) in [6.45, 7) is -0.791. The van der Waals surface area contributed by atoms with Gasteiger partial charge in [0.25, 0.3) is 0 Å². The number of nitrogens with two attached hydrogens (primary N) is 1. The number of aliphatic hydroxyl groups is 1. The lowest BCUT2D eigenvalue weighted by Crippen LogP contribution is -2.50. The van der Waals surface area contributed by atoms with E-state index in [2.05, 4.69) is 0 Å². The average Bonchev–Trinajstić information content (AvgIpc) is 2.82. The summed E-state index contributed by atoms with van der Waals surface area (Å²) >= 11 is 0. The first-order valence-corrected chi connectivity index (χ1v) is 7.56. The number of carbonyl (C=O) groups is 1. The lowest BCUT2D eigenvalue weighted by molar-refractivity contribution is -0.253. The normalized spacial score (nSPS) is 29.7. The Hall–Kier alpha value is -0.820. The second-order valence-electron chi connectivity index (χ2n) is 6.39. The number of likely N-dealkylation sites (tertiary alicyclic amines) is 1. The van der Waals surface area contributed by atoms with Crippen molar-refractivity contribution in [3.05, 3.63) is 0 Å². The first kappa shape index (κ1) is 16.5. The molecule has 7 heteroatoms. The molecular weight excluding hydrogens is 285 g/mol. The van der Waals surface area contributed by atoms with Gasteiger partial charge in [0.2, 0.25) is 5.91 Å². The largest absolute Gasteiger partial charge is 0.419 e. The molecule has 0 aromatic carbocycles. The van der Waals surface area contributed by atoms with Gasteiger partial charge in [0, 0.05) is 13.0 Å². The van der Waals surface area contributed by atoms with Crippen LogP contribution in [0.25, 0.3) is 0 Å². The van der Waals surface area contributed by atoms with Crippen molar-refractivity contribution in [2.45, 2.75) is 62.8 Å². The van der Waals surface area contributed by atoms with Gasteiger partial charge in [-0.25, -0.2) is 0 Å². The summed E-state index contributed by atoms with van der Waals surface area (Å²) in [5, 5.41) is 9.59. The smallest absolute Gasteiger partial charge is 0.379 e. The molecular formula is C14H23F3N2O2. The van der Waals surface area contributed by atoms with E-state index in [1.807, 2.05) is 0 Å². The Morgan fingerprint density at radius 2 is 1.95 bits per heavy atom. The number of rotatable bonds is 3. The molecule has 4 nitrogen and oxygen atoms in total. The Labute approximate surface area is 122 Å². The zero-order chi connectivity index (χ0) is 15.7. The van der Waals surface area contributed by atoms with Crippen LogP contribution in [0.4, 0.5) is 13.2 Å². The minimum absolute atomic E-state index is 0.0901. The molecule has 2 atom stereocenters. The van der Waals surface area contributed by atoms with E-state index in [9.17, 15) is 23.1 Å². The van der Waals surface area contributed by atoms with Gasteiger partial charge in [-0.3, -0.25) is 4.79 Å². The number of nitrogens with zero attached hydrogens (tertiary/aromatic N) is 1. The van der Waals surface area contributed by atoms with Crippen LogP contribution in [0, 0.1) is 5.92 Å². The van der Waals surface area contributed by atoms with E-state index in [0.717, 1.165) is 30.6 Å². The summed E-state index contributed by atoms with van der Waals surface area (Å²) in [5.41, 5.74) is 3.09. The maximum Gasteiger partial charge on any atom is 0.419 e. The number of β-amino-alcohol motifs (C(OH)–C–C–N with tert-alkyl or cyclic N) is 1. The number of amides is 1. The fourth-order valence-electron chi connectivity index (χ4n) is 3.33. The third-order valence-corrected chi connectivity index (χ3v) is 4.72. The van der Waals surface area contributed by atoms with Crippen LogP contribution < -0.4 is 5.73 Å². The van der Waals surface area contributed by atoms with Crippen LogP contribution in [-0.2, 0) is 4.79 Å². The van der Waals surface area contributed by atoms with Gasteiger partial charge in [0.1, 0.15) is 0 Å². The third kappa shape index (κ3) is 3.69. The molecule has 2 fully saturated rings. The number of carbonyl (C=O) groups excluding carboxylic acids is 1. The SMILES string of the molecule is NC(CC1CCCCC1)C(=O)N1CCC(O)(C(F)(F)F)C1. The molecule has 2 aliphatic rings. The predicted octanol–water partition coefficient (Wildman–Crippen LogP) is 1.81. The number of halogens is 3. The van der Waals surface area contributed by atoms with Gasteiger partial charge in [-0.15, -0.1) is 0 Å². The Bertz CT molecular complexity index is 383. The molecule has 1 aliphatic heterocycles. The molecule has 1 heterocycles. The minimum atomic E-state index is -4.71. The van der Waals surface area contributed by atoms with Gasteiger partial charge in [-0.2, -0.15) is 13.2 Å². The van der Waals surface area contributed by atoms with Crippen molar-refractivity contribution in [3.63, 3.8) is 0 Å². The standard InChI is InChI=1S/C14H23F3N2O2/c15-14(16,17)13(21)6-7-19(9-13)12(20)11(18)8-10-4-2-1-3-5-10/h10-11,21H,1-9,18H2. The van der Waals surface area contributed by atoms with E-state index < -0.39 is 36.7 Å². The Balaban J connectivity index is 1.88. The molecule has 1 amide bonds. The Morgan fingerprint density at radius 1 is 1.33 bits per heavy atom. The van der Waals surface area contributed by atoms with E-state index >= 15 is 0 Å². The monoisotopic (exact) mass is 308 g/mol. The van der Waals surface area contributed by atoms with E-state index in [-0.39, 0.29) is 6.54 Å². The van der Waals surface area contributed by atoms with Gasteiger partial charge in [-0.1, -0.05) is 32.1 Å². The molecule has 0 radical (unpaired) electrons. The van der Waals surface area contributed by atoms with Crippen molar-refractivity contribution in [2.24, 2.45) is 11.7 Å². The van der Waals surface area contributed by atoms with Crippen LogP contribution in [0.3, 0.4) is 0 Å². The molecule has 1 saturated carbocycles.